The standard InChI is InChI=1S/C21H14Cl2F3N5S2/c1-31-18(21(24,25)26)29-30-20(31)33-16-10-27-19(32-11-12-2-6-14(22)7-3-12)28-17(16)13-4-8-15(23)9-5-13/h2-10H,11H2,1H3. The third-order valence-electron chi connectivity index (χ3n) is 4.42. The van der Waals surface area contributed by atoms with Crippen LogP contribution in [0, 0.1) is 0 Å². The molecule has 0 spiro atoms. The van der Waals surface area contributed by atoms with Gasteiger partial charge in [0.25, 0.3) is 0 Å². The van der Waals surface area contributed by atoms with Crippen LogP contribution in [0.1, 0.15) is 11.4 Å². The molecule has 0 saturated carbocycles. The van der Waals surface area contributed by atoms with Gasteiger partial charge in [-0.2, -0.15) is 13.2 Å². The van der Waals surface area contributed by atoms with Crippen molar-refractivity contribution in [1.29, 1.82) is 0 Å². The number of benzene rings is 2. The summed E-state index contributed by atoms with van der Waals surface area (Å²) < 4.78 is 40.2. The molecule has 2 aromatic heterocycles. The van der Waals surface area contributed by atoms with Gasteiger partial charge in [0.2, 0.25) is 5.82 Å². The maximum atomic E-state index is 13.1. The number of halogens is 5. The fourth-order valence-corrected chi connectivity index (χ4v) is 4.68. The lowest BCUT2D eigenvalue weighted by atomic mass is 10.1. The van der Waals surface area contributed by atoms with Crippen molar-refractivity contribution in [2.45, 2.75) is 27.1 Å². The van der Waals surface area contributed by atoms with Crippen LogP contribution in [-0.2, 0) is 19.0 Å². The van der Waals surface area contributed by atoms with Crippen molar-refractivity contribution in [1.82, 2.24) is 24.7 Å². The van der Waals surface area contributed by atoms with Gasteiger partial charge in [-0.1, -0.05) is 59.2 Å². The predicted octanol–water partition coefficient (Wildman–Crippen LogP) is 7.04. The van der Waals surface area contributed by atoms with Crippen molar-refractivity contribution in [2.75, 3.05) is 0 Å². The van der Waals surface area contributed by atoms with Gasteiger partial charge in [0, 0.05) is 34.6 Å². The Bertz CT molecular complexity index is 1260. The maximum absolute atomic E-state index is 13.1. The Morgan fingerprint density at radius 3 is 2.18 bits per heavy atom. The number of aromatic nitrogens is 5. The molecule has 33 heavy (non-hydrogen) atoms. The molecular weight excluding hydrogens is 514 g/mol. The summed E-state index contributed by atoms with van der Waals surface area (Å²) in [6, 6.07) is 14.5. The summed E-state index contributed by atoms with van der Waals surface area (Å²) in [6.45, 7) is 0. The lowest BCUT2D eigenvalue weighted by molar-refractivity contribution is -0.147. The van der Waals surface area contributed by atoms with Crippen LogP contribution in [0.5, 0.6) is 0 Å². The zero-order chi connectivity index (χ0) is 23.6. The SMILES string of the molecule is Cn1c(Sc2cnc(SCc3ccc(Cl)cc3)nc2-c2ccc(Cl)cc2)nnc1C(F)(F)F. The third kappa shape index (κ3) is 5.81. The van der Waals surface area contributed by atoms with Crippen LogP contribution in [0.4, 0.5) is 13.2 Å². The Kier molecular flexibility index (Phi) is 7.18. The molecule has 0 amide bonds. The number of hydrogen-bond donors (Lipinski definition) is 0. The Balaban J connectivity index is 1.65. The van der Waals surface area contributed by atoms with Crippen LogP contribution < -0.4 is 0 Å². The van der Waals surface area contributed by atoms with Crippen molar-refractivity contribution < 1.29 is 13.2 Å². The van der Waals surface area contributed by atoms with Crippen LogP contribution in [0.2, 0.25) is 10.0 Å². The number of nitrogens with zero attached hydrogens (tertiary/aromatic N) is 5. The number of rotatable bonds is 6. The molecular formula is C21H14Cl2F3N5S2. The van der Waals surface area contributed by atoms with E-state index in [1.165, 1.54) is 18.8 Å². The minimum Gasteiger partial charge on any atom is -0.301 e. The molecule has 0 fully saturated rings. The van der Waals surface area contributed by atoms with E-state index < -0.39 is 12.0 Å². The topological polar surface area (TPSA) is 56.5 Å². The first-order valence-electron chi connectivity index (χ1n) is 9.35. The predicted molar refractivity (Wildman–Crippen MR) is 124 cm³/mol. The van der Waals surface area contributed by atoms with Gasteiger partial charge in [0.1, 0.15) is 0 Å². The molecule has 2 aromatic carbocycles. The van der Waals surface area contributed by atoms with Crippen molar-refractivity contribution >= 4 is 46.7 Å². The largest absolute Gasteiger partial charge is 0.451 e. The lowest BCUT2D eigenvalue weighted by Gasteiger charge is -2.11. The second kappa shape index (κ2) is 9.92. The Morgan fingerprint density at radius 1 is 0.939 bits per heavy atom. The van der Waals surface area contributed by atoms with Crippen LogP contribution in [0.15, 0.2) is 69.9 Å². The highest BCUT2D eigenvalue weighted by Crippen LogP contribution is 2.37. The van der Waals surface area contributed by atoms with Gasteiger partial charge in [-0.25, -0.2) is 9.97 Å². The maximum Gasteiger partial charge on any atom is 0.451 e. The van der Waals surface area contributed by atoms with Gasteiger partial charge in [0.15, 0.2) is 10.3 Å². The molecule has 0 aliphatic rings. The van der Waals surface area contributed by atoms with Crippen molar-refractivity contribution in [2.24, 2.45) is 7.05 Å². The quantitative estimate of drug-likeness (QED) is 0.198. The Morgan fingerprint density at radius 2 is 1.58 bits per heavy atom. The molecule has 5 nitrogen and oxygen atoms in total. The zero-order valence-electron chi connectivity index (χ0n) is 16.8. The van der Waals surface area contributed by atoms with E-state index in [0.29, 0.717) is 31.5 Å². The van der Waals surface area contributed by atoms with E-state index in [2.05, 4.69) is 20.2 Å². The summed E-state index contributed by atoms with van der Waals surface area (Å²) in [4.78, 5) is 9.60. The molecule has 170 valence electrons. The lowest BCUT2D eigenvalue weighted by Crippen LogP contribution is -2.12. The molecule has 0 N–H and O–H groups in total. The second-order valence-corrected chi connectivity index (χ2v) is 9.58. The van der Waals surface area contributed by atoms with Crippen molar-refractivity contribution in [3.8, 4) is 11.3 Å². The summed E-state index contributed by atoms with van der Waals surface area (Å²) >= 11 is 14.4. The minimum atomic E-state index is -4.60. The average Bonchev–Trinajstić information content (AvgIpc) is 3.15. The summed E-state index contributed by atoms with van der Waals surface area (Å²) in [5.41, 5.74) is 2.36. The second-order valence-electron chi connectivity index (χ2n) is 6.75. The molecule has 2 heterocycles. The first-order chi connectivity index (χ1) is 15.7. The van der Waals surface area contributed by atoms with E-state index in [9.17, 15) is 13.2 Å². The Labute approximate surface area is 205 Å². The molecule has 0 atom stereocenters. The van der Waals surface area contributed by atoms with E-state index in [1.807, 2.05) is 24.3 Å². The average molecular weight is 528 g/mol. The van der Waals surface area contributed by atoms with E-state index in [0.717, 1.165) is 27.5 Å². The van der Waals surface area contributed by atoms with Crippen LogP contribution in [0.25, 0.3) is 11.3 Å². The number of alkyl halides is 3. The first-order valence-corrected chi connectivity index (χ1v) is 11.9. The molecule has 0 saturated heterocycles. The van der Waals surface area contributed by atoms with E-state index in [1.54, 1.807) is 30.5 Å². The summed E-state index contributed by atoms with van der Waals surface area (Å²) in [7, 11) is 1.27. The molecule has 0 radical (unpaired) electrons. The highest BCUT2D eigenvalue weighted by Gasteiger charge is 2.37. The van der Waals surface area contributed by atoms with Crippen molar-refractivity contribution in [3.63, 3.8) is 0 Å². The highest BCUT2D eigenvalue weighted by atomic mass is 35.5. The molecule has 0 aliphatic carbocycles. The minimum absolute atomic E-state index is 0.0719. The van der Waals surface area contributed by atoms with Gasteiger partial charge >= 0.3 is 6.18 Å². The third-order valence-corrected chi connectivity index (χ3v) is 6.91. The van der Waals surface area contributed by atoms with Crippen molar-refractivity contribution in [3.05, 3.63) is 76.2 Å². The molecule has 0 aliphatic heterocycles. The number of thioether (sulfide) groups is 1. The fourth-order valence-electron chi connectivity index (χ4n) is 2.79. The molecule has 4 rings (SSSR count). The van der Waals surface area contributed by atoms with Gasteiger partial charge < -0.3 is 4.57 Å². The van der Waals surface area contributed by atoms with Gasteiger partial charge in [-0.3, -0.25) is 0 Å². The highest BCUT2D eigenvalue weighted by molar-refractivity contribution is 7.99. The Hall–Kier alpha value is -2.27. The van der Waals surface area contributed by atoms with Gasteiger partial charge in [-0.15, -0.1) is 10.2 Å². The monoisotopic (exact) mass is 527 g/mol. The fraction of sp³-hybridized carbons (Fsp3) is 0.143. The summed E-state index contributed by atoms with van der Waals surface area (Å²) in [5, 5.41) is 8.78. The van der Waals surface area contributed by atoms with E-state index in [4.69, 9.17) is 23.2 Å². The van der Waals surface area contributed by atoms with Crippen LogP contribution in [-0.4, -0.2) is 24.7 Å². The first kappa shape index (κ1) is 23.9. The molecule has 4 aromatic rings. The van der Waals surface area contributed by atoms with E-state index in [-0.39, 0.29) is 5.16 Å². The van der Waals surface area contributed by atoms with Gasteiger partial charge in [-0.05, 0) is 41.6 Å². The normalized spacial score (nSPS) is 11.7. The van der Waals surface area contributed by atoms with E-state index >= 15 is 0 Å². The summed E-state index contributed by atoms with van der Waals surface area (Å²) in [6.07, 6.45) is -3.02. The smallest absolute Gasteiger partial charge is 0.301 e. The van der Waals surface area contributed by atoms with Gasteiger partial charge in [0.05, 0.1) is 10.6 Å². The molecule has 0 bridgehead atoms. The van der Waals surface area contributed by atoms with Crippen LogP contribution in [0.3, 0.4) is 0 Å². The zero-order valence-corrected chi connectivity index (χ0v) is 20.0. The molecule has 0 unspecified atom stereocenters. The molecule has 12 heteroatoms. The number of hydrogen-bond acceptors (Lipinski definition) is 6. The summed E-state index contributed by atoms with van der Waals surface area (Å²) in [5.74, 6) is -0.448. The van der Waals surface area contributed by atoms with Crippen LogP contribution >= 0.6 is 46.7 Å².